The Morgan fingerprint density at radius 1 is 1.26 bits per heavy atom. The third-order valence-electron chi connectivity index (χ3n) is 3.92. The van der Waals surface area contributed by atoms with Gasteiger partial charge in [-0.25, -0.2) is 0 Å². The van der Waals surface area contributed by atoms with Crippen molar-refractivity contribution in [3.05, 3.63) is 35.9 Å². The second kappa shape index (κ2) is 7.49. The Labute approximate surface area is 122 Å². The van der Waals surface area contributed by atoms with Crippen LogP contribution in [0.5, 0.6) is 0 Å². The van der Waals surface area contributed by atoms with E-state index >= 15 is 0 Å². The average molecular weight is 276 g/mol. The van der Waals surface area contributed by atoms with Gasteiger partial charge in [-0.1, -0.05) is 50.1 Å². The van der Waals surface area contributed by atoms with Gasteiger partial charge in [0, 0.05) is 12.6 Å². The number of thiocarbonyl (C=S) groups is 1. The van der Waals surface area contributed by atoms with Crippen molar-refractivity contribution in [1.29, 1.82) is 0 Å². The predicted octanol–water partition coefficient (Wildman–Crippen LogP) is 3.59. The Kier molecular flexibility index (Phi) is 5.64. The van der Waals surface area contributed by atoms with Crippen LogP contribution in [-0.4, -0.2) is 17.7 Å². The lowest BCUT2D eigenvalue weighted by Crippen LogP contribution is -2.41. The van der Waals surface area contributed by atoms with Crippen molar-refractivity contribution in [2.45, 2.75) is 51.0 Å². The van der Waals surface area contributed by atoms with Crippen molar-refractivity contribution in [1.82, 2.24) is 10.6 Å². The van der Waals surface area contributed by atoms with Gasteiger partial charge in [0.25, 0.3) is 0 Å². The van der Waals surface area contributed by atoms with E-state index in [0.717, 1.165) is 18.1 Å². The second-order valence-corrected chi connectivity index (χ2v) is 5.89. The van der Waals surface area contributed by atoms with Gasteiger partial charge >= 0.3 is 0 Å². The lowest BCUT2D eigenvalue weighted by Gasteiger charge is -2.17. The second-order valence-electron chi connectivity index (χ2n) is 5.48. The van der Waals surface area contributed by atoms with Gasteiger partial charge in [-0.05, 0) is 43.0 Å². The van der Waals surface area contributed by atoms with Crippen LogP contribution in [0.4, 0.5) is 0 Å². The average Bonchev–Trinajstić information content (AvgIpc) is 2.92. The Morgan fingerprint density at radius 3 is 2.63 bits per heavy atom. The quantitative estimate of drug-likeness (QED) is 0.804. The molecule has 1 aromatic carbocycles. The fourth-order valence-electron chi connectivity index (χ4n) is 2.66. The molecule has 0 radical (unpaired) electrons. The first-order valence-electron chi connectivity index (χ1n) is 7.35. The summed E-state index contributed by atoms with van der Waals surface area (Å²) in [7, 11) is 0. The van der Waals surface area contributed by atoms with Gasteiger partial charge < -0.3 is 10.6 Å². The molecule has 1 atom stereocenters. The zero-order chi connectivity index (χ0) is 13.5. The minimum atomic E-state index is 0.572. The molecule has 1 saturated carbocycles. The van der Waals surface area contributed by atoms with E-state index < -0.39 is 0 Å². The van der Waals surface area contributed by atoms with E-state index in [2.05, 4.69) is 47.9 Å². The molecule has 0 aliphatic heterocycles. The fourth-order valence-corrected chi connectivity index (χ4v) is 2.93. The van der Waals surface area contributed by atoms with Gasteiger partial charge in [0.1, 0.15) is 0 Å². The summed E-state index contributed by atoms with van der Waals surface area (Å²) in [6.07, 6.45) is 6.32. The molecule has 0 saturated heterocycles. The molecule has 2 rings (SSSR count). The number of nitrogens with one attached hydrogen (secondary N) is 2. The molecule has 0 amide bonds. The van der Waals surface area contributed by atoms with Gasteiger partial charge in [0.15, 0.2) is 5.11 Å². The monoisotopic (exact) mass is 276 g/mol. The predicted molar refractivity (Wildman–Crippen MR) is 85.5 cm³/mol. The standard InChI is InChI=1S/C16H24N2S/c1-13(14-7-3-2-4-8-14)11-12-17-16(19)18-15-9-5-6-10-15/h2-4,7-8,13,15H,5-6,9-12H2,1H3,(H2,17,18,19). The summed E-state index contributed by atoms with van der Waals surface area (Å²) in [6.45, 7) is 3.21. The zero-order valence-electron chi connectivity index (χ0n) is 11.7. The van der Waals surface area contributed by atoms with E-state index in [-0.39, 0.29) is 0 Å². The summed E-state index contributed by atoms with van der Waals surface area (Å²) >= 11 is 5.34. The van der Waals surface area contributed by atoms with Crippen LogP contribution < -0.4 is 10.6 Å². The van der Waals surface area contributed by atoms with Gasteiger partial charge in [-0.15, -0.1) is 0 Å². The molecule has 104 valence electrons. The Morgan fingerprint density at radius 2 is 1.95 bits per heavy atom. The highest BCUT2D eigenvalue weighted by atomic mass is 32.1. The van der Waals surface area contributed by atoms with Crippen LogP contribution in [0.3, 0.4) is 0 Å². The van der Waals surface area contributed by atoms with E-state index in [4.69, 9.17) is 12.2 Å². The molecule has 1 aliphatic rings. The summed E-state index contributed by atoms with van der Waals surface area (Å²) in [5, 5.41) is 7.57. The number of hydrogen-bond acceptors (Lipinski definition) is 1. The number of rotatable bonds is 5. The number of hydrogen-bond donors (Lipinski definition) is 2. The smallest absolute Gasteiger partial charge is 0.166 e. The minimum absolute atomic E-state index is 0.572. The normalized spacial score (nSPS) is 17.1. The molecule has 19 heavy (non-hydrogen) atoms. The molecule has 2 nitrogen and oxygen atoms in total. The van der Waals surface area contributed by atoms with Crippen LogP contribution in [0.1, 0.15) is 50.5 Å². The van der Waals surface area contributed by atoms with Crippen LogP contribution in [-0.2, 0) is 0 Å². The third kappa shape index (κ3) is 4.83. The molecule has 1 unspecified atom stereocenters. The van der Waals surface area contributed by atoms with Crippen LogP contribution >= 0.6 is 12.2 Å². The first kappa shape index (κ1) is 14.3. The van der Waals surface area contributed by atoms with Crippen molar-refractivity contribution >= 4 is 17.3 Å². The van der Waals surface area contributed by atoms with Crippen molar-refractivity contribution in [3.8, 4) is 0 Å². The molecule has 2 N–H and O–H groups in total. The highest BCUT2D eigenvalue weighted by molar-refractivity contribution is 7.80. The first-order valence-corrected chi connectivity index (χ1v) is 7.76. The maximum Gasteiger partial charge on any atom is 0.166 e. The van der Waals surface area contributed by atoms with Crippen molar-refractivity contribution in [2.75, 3.05) is 6.54 Å². The topological polar surface area (TPSA) is 24.1 Å². The number of benzene rings is 1. The summed E-state index contributed by atoms with van der Waals surface area (Å²) in [5.41, 5.74) is 1.40. The van der Waals surface area contributed by atoms with Gasteiger partial charge in [0.05, 0.1) is 0 Å². The van der Waals surface area contributed by atoms with Crippen LogP contribution in [0, 0.1) is 0 Å². The van der Waals surface area contributed by atoms with E-state index in [1.54, 1.807) is 0 Å². The van der Waals surface area contributed by atoms with Crippen molar-refractivity contribution < 1.29 is 0 Å². The summed E-state index contributed by atoms with van der Waals surface area (Å²) < 4.78 is 0. The van der Waals surface area contributed by atoms with Crippen LogP contribution in [0.2, 0.25) is 0 Å². The highest BCUT2D eigenvalue weighted by Crippen LogP contribution is 2.18. The molecule has 1 aliphatic carbocycles. The molecule has 0 bridgehead atoms. The maximum absolute atomic E-state index is 5.34. The Bertz CT molecular complexity index is 385. The lowest BCUT2D eigenvalue weighted by molar-refractivity contribution is 0.608. The molecule has 0 heterocycles. The zero-order valence-corrected chi connectivity index (χ0v) is 12.5. The van der Waals surface area contributed by atoms with Crippen LogP contribution in [0.25, 0.3) is 0 Å². The van der Waals surface area contributed by atoms with Crippen LogP contribution in [0.15, 0.2) is 30.3 Å². The minimum Gasteiger partial charge on any atom is -0.363 e. The third-order valence-corrected chi connectivity index (χ3v) is 4.18. The largest absolute Gasteiger partial charge is 0.363 e. The van der Waals surface area contributed by atoms with Gasteiger partial charge in [-0.3, -0.25) is 0 Å². The molecular weight excluding hydrogens is 252 g/mol. The SMILES string of the molecule is CC(CCNC(=S)NC1CCCC1)c1ccccc1. The summed E-state index contributed by atoms with van der Waals surface area (Å²) in [4.78, 5) is 0. The molecule has 0 spiro atoms. The summed E-state index contributed by atoms with van der Waals surface area (Å²) in [5.74, 6) is 0.572. The first-order chi connectivity index (χ1) is 9.25. The summed E-state index contributed by atoms with van der Waals surface area (Å²) in [6, 6.07) is 11.3. The van der Waals surface area contributed by atoms with Crippen molar-refractivity contribution in [3.63, 3.8) is 0 Å². The lowest BCUT2D eigenvalue weighted by atomic mass is 9.98. The Hall–Kier alpha value is -1.09. The van der Waals surface area contributed by atoms with Gasteiger partial charge in [-0.2, -0.15) is 0 Å². The highest BCUT2D eigenvalue weighted by Gasteiger charge is 2.15. The maximum atomic E-state index is 5.34. The molecular formula is C16H24N2S. The Balaban J connectivity index is 1.64. The fraction of sp³-hybridized carbons (Fsp3) is 0.562. The molecule has 1 fully saturated rings. The van der Waals surface area contributed by atoms with Gasteiger partial charge in [0.2, 0.25) is 0 Å². The van der Waals surface area contributed by atoms with Crippen molar-refractivity contribution in [2.24, 2.45) is 0 Å². The molecule has 1 aromatic rings. The van der Waals surface area contributed by atoms with E-state index in [0.29, 0.717) is 12.0 Å². The molecule has 0 aromatic heterocycles. The molecule has 3 heteroatoms. The van der Waals surface area contributed by atoms with E-state index in [1.807, 2.05) is 0 Å². The van der Waals surface area contributed by atoms with E-state index in [1.165, 1.54) is 31.2 Å². The van der Waals surface area contributed by atoms with E-state index in [9.17, 15) is 0 Å².